The van der Waals surface area contributed by atoms with Crippen LogP contribution in [-0.4, -0.2) is 0 Å². The van der Waals surface area contributed by atoms with E-state index in [0.717, 1.165) is 6.07 Å². The average molecular weight is 271 g/mol. The number of rotatable bonds is 3. The predicted octanol–water partition coefficient (Wildman–Crippen LogP) is 4.25. The van der Waals surface area contributed by atoms with Gasteiger partial charge in [0.15, 0.2) is 5.75 Å². The average Bonchev–Trinajstić information content (AvgIpc) is 2.37. The molecule has 0 aliphatic carbocycles. The Morgan fingerprint density at radius 1 is 0.947 bits per heavy atom. The van der Waals surface area contributed by atoms with E-state index in [1.54, 1.807) is 30.3 Å². The van der Waals surface area contributed by atoms with Crippen LogP contribution >= 0.6 is 0 Å². The van der Waals surface area contributed by atoms with Gasteiger partial charge in [0.25, 0.3) is 0 Å². The summed E-state index contributed by atoms with van der Waals surface area (Å²) < 4.78 is 50.5. The second-order valence-electron chi connectivity index (χ2n) is 3.71. The van der Waals surface area contributed by atoms with Crippen LogP contribution in [0.25, 0.3) is 0 Å². The molecule has 0 aliphatic heterocycles. The lowest BCUT2D eigenvalue weighted by molar-refractivity contribution is -0.140. The van der Waals surface area contributed by atoms with E-state index in [1.165, 1.54) is 0 Å². The topological polar surface area (TPSA) is 21.3 Å². The quantitative estimate of drug-likeness (QED) is 0.665. The molecule has 0 aromatic heterocycles. The number of halogens is 4. The van der Waals surface area contributed by atoms with Crippen LogP contribution in [-0.2, 0) is 6.18 Å². The lowest BCUT2D eigenvalue weighted by Gasteiger charge is -2.11. The van der Waals surface area contributed by atoms with Crippen LogP contribution in [0, 0.1) is 5.82 Å². The number of para-hydroxylation sites is 1. The third-order valence-corrected chi connectivity index (χ3v) is 2.30. The molecule has 0 fully saturated rings. The van der Waals surface area contributed by atoms with E-state index in [9.17, 15) is 17.6 Å². The van der Waals surface area contributed by atoms with Gasteiger partial charge in [-0.25, -0.2) is 9.87 Å². The minimum absolute atomic E-state index is 0.127. The van der Waals surface area contributed by atoms with Crippen LogP contribution in [0.3, 0.4) is 0 Å². The van der Waals surface area contributed by atoms with Crippen LogP contribution in [0.4, 0.5) is 23.2 Å². The molecule has 2 aromatic carbocycles. The second-order valence-corrected chi connectivity index (χ2v) is 3.71. The molecule has 6 heteroatoms. The van der Waals surface area contributed by atoms with Crippen molar-refractivity contribution in [1.82, 2.24) is 0 Å². The lowest BCUT2D eigenvalue weighted by Crippen LogP contribution is -2.10. The zero-order valence-corrected chi connectivity index (χ0v) is 9.54. The summed E-state index contributed by atoms with van der Waals surface area (Å²) in [7, 11) is 0. The maximum Gasteiger partial charge on any atom is 0.419 e. The molecule has 0 bridgehead atoms. The molecule has 100 valence electrons. The summed E-state index contributed by atoms with van der Waals surface area (Å²) >= 11 is 0. The molecule has 2 aromatic rings. The van der Waals surface area contributed by atoms with Gasteiger partial charge in [-0.2, -0.15) is 13.2 Å². The van der Waals surface area contributed by atoms with E-state index in [4.69, 9.17) is 4.84 Å². The zero-order chi connectivity index (χ0) is 13.9. The molecule has 0 atom stereocenters. The van der Waals surface area contributed by atoms with Crippen LogP contribution in [0.2, 0.25) is 0 Å². The van der Waals surface area contributed by atoms with Crippen molar-refractivity contribution in [3.05, 3.63) is 59.9 Å². The van der Waals surface area contributed by atoms with E-state index >= 15 is 0 Å². The first kappa shape index (κ1) is 13.2. The predicted molar refractivity (Wildman–Crippen MR) is 62.1 cm³/mol. The van der Waals surface area contributed by atoms with E-state index in [1.807, 2.05) is 0 Å². The monoisotopic (exact) mass is 271 g/mol. The standard InChI is InChI=1S/C13H9F4NO/c14-12-7-6-10(8-11(12)13(15,16)17)19-18-9-4-2-1-3-5-9/h1-8,18H. The van der Waals surface area contributed by atoms with Gasteiger partial charge >= 0.3 is 6.18 Å². The van der Waals surface area contributed by atoms with Gasteiger partial charge in [-0.1, -0.05) is 18.2 Å². The van der Waals surface area contributed by atoms with Crippen LogP contribution < -0.4 is 10.3 Å². The van der Waals surface area contributed by atoms with Gasteiger partial charge in [-0.3, -0.25) is 0 Å². The minimum atomic E-state index is -4.75. The van der Waals surface area contributed by atoms with Crippen molar-refractivity contribution >= 4 is 5.69 Å². The summed E-state index contributed by atoms with van der Waals surface area (Å²) in [5.41, 5.74) is 1.68. The molecular formula is C13H9F4NO. The third kappa shape index (κ3) is 3.37. The van der Waals surface area contributed by atoms with Crippen molar-refractivity contribution in [2.75, 3.05) is 5.48 Å². The zero-order valence-electron chi connectivity index (χ0n) is 9.54. The molecule has 19 heavy (non-hydrogen) atoms. The summed E-state index contributed by atoms with van der Waals surface area (Å²) in [6.07, 6.45) is -4.75. The van der Waals surface area contributed by atoms with Gasteiger partial charge in [-0.05, 0) is 30.3 Å². The molecule has 0 saturated carbocycles. The lowest BCUT2D eigenvalue weighted by atomic mass is 10.2. The van der Waals surface area contributed by atoms with E-state index < -0.39 is 17.6 Å². The molecule has 0 saturated heterocycles. The van der Waals surface area contributed by atoms with Gasteiger partial charge in [-0.15, -0.1) is 0 Å². The highest BCUT2D eigenvalue weighted by atomic mass is 19.4. The number of anilines is 1. The Kier molecular flexibility index (Phi) is 3.59. The molecule has 0 unspecified atom stereocenters. The molecule has 2 rings (SSSR count). The van der Waals surface area contributed by atoms with Crippen molar-refractivity contribution in [2.45, 2.75) is 6.18 Å². The Labute approximate surface area is 106 Å². The van der Waals surface area contributed by atoms with Crippen molar-refractivity contribution in [1.29, 1.82) is 0 Å². The maximum atomic E-state index is 13.0. The highest BCUT2D eigenvalue weighted by Crippen LogP contribution is 2.33. The van der Waals surface area contributed by atoms with Crippen LogP contribution in [0.1, 0.15) is 5.56 Å². The van der Waals surface area contributed by atoms with Crippen molar-refractivity contribution < 1.29 is 22.4 Å². The molecular weight excluding hydrogens is 262 g/mol. The van der Waals surface area contributed by atoms with E-state index in [-0.39, 0.29) is 5.75 Å². The number of hydrogen-bond acceptors (Lipinski definition) is 2. The number of alkyl halides is 3. The molecule has 0 spiro atoms. The fourth-order valence-electron chi connectivity index (χ4n) is 1.41. The highest BCUT2D eigenvalue weighted by molar-refractivity contribution is 5.41. The summed E-state index contributed by atoms with van der Waals surface area (Å²) in [5.74, 6) is -1.46. The molecule has 0 aliphatic rings. The molecule has 2 nitrogen and oxygen atoms in total. The summed E-state index contributed by atoms with van der Waals surface area (Å²) in [4.78, 5) is 4.97. The number of hydrogen-bond donors (Lipinski definition) is 1. The summed E-state index contributed by atoms with van der Waals surface area (Å²) in [6, 6.07) is 11.0. The normalized spacial score (nSPS) is 11.2. The highest BCUT2D eigenvalue weighted by Gasteiger charge is 2.34. The fourth-order valence-corrected chi connectivity index (χ4v) is 1.41. The minimum Gasteiger partial charge on any atom is -0.382 e. The van der Waals surface area contributed by atoms with E-state index in [2.05, 4.69) is 5.48 Å². The number of benzene rings is 2. The second kappa shape index (κ2) is 5.17. The summed E-state index contributed by atoms with van der Waals surface area (Å²) in [5, 5.41) is 0. The number of nitrogens with one attached hydrogen (secondary N) is 1. The van der Waals surface area contributed by atoms with Crippen LogP contribution in [0.15, 0.2) is 48.5 Å². The van der Waals surface area contributed by atoms with Gasteiger partial charge in [0, 0.05) is 0 Å². The van der Waals surface area contributed by atoms with Crippen molar-refractivity contribution in [3.63, 3.8) is 0 Å². The largest absolute Gasteiger partial charge is 0.419 e. The van der Waals surface area contributed by atoms with E-state index in [0.29, 0.717) is 17.8 Å². The van der Waals surface area contributed by atoms with Gasteiger partial charge in [0.05, 0.1) is 11.3 Å². The van der Waals surface area contributed by atoms with Crippen molar-refractivity contribution in [2.24, 2.45) is 0 Å². The first-order valence-corrected chi connectivity index (χ1v) is 5.31. The Hall–Kier alpha value is -2.24. The Morgan fingerprint density at radius 3 is 2.26 bits per heavy atom. The Morgan fingerprint density at radius 2 is 1.63 bits per heavy atom. The van der Waals surface area contributed by atoms with Gasteiger partial charge < -0.3 is 4.84 Å². The molecule has 0 amide bonds. The molecule has 0 heterocycles. The van der Waals surface area contributed by atoms with Crippen molar-refractivity contribution in [3.8, 4) is 5.75 Å². The smallest absolute Gasteiger partial charge is 0.382 e. The Balaban J connectivity index is 2.14. The fraction of sp³-hybridized carbons (Fsp3) is 0.0769. The van der Waals surface area contributed by atoms with Gasteiger partial charge in [0.1, 0.15) is 5.82 Å². The first-order valence-electron chi connectivity index (χ1n) is 5.31. The third-order valence-electron chi connectivity index (χ3n) is 2.30. The first-order chi connectivity index (χ1) is 8.97. The molecule has 1 N–H and O–H groups in total. The van der Waals surface area contributed by atoms with Crippen LogP contribution in [0.5, 0.6) is 5.75 Å². The molecule has 0 radical (unpaired) electrons. The summed E-state index contributed by atoms with van der Waals surface area (Å²) in [6.45, 7) is 0. The maximum absolute atomic E-state index is 13.0. The van der Waals surface area contributed by atoms with Gasteiger partial charge in [0.2, 0.25) is 0 Å². The SMILES string of the molecule is Fc1ccc(ONc2ccccc2)cc1C(F)(F)F. The Bertz CT molecular complexity index is 554.